The lowest BCUT2D eigenvalue weighted by molar-refractivity contribution is 0.281. The van der Waals surface area contributed by atoms with Gasteiger partial charge in [0.05, 0.1) is 11.5 Å². The van der Waals surface area contributed by atoms with Gasteiger partial charge in [0.2, 0.25) is 10.0 Å². The Bertz CT molecular complexity index is 528. The highest BCUT2D eigenvalue weighted by Crippen LogP contribution is 2.29. The summed E-state index contributed by atoms with van der Waals surface area (Å²) in [4.78, 5) is 0.211. The molecule has 0 aliphatic carbocycles. The zero-order chi connectivity index (χ0) is 13.9. The van der Waals surface area contributed by atoms with Crippen molar-refractivity contribution in [2.75, 3.05) is 13.6 Å². The molecule has 18 heavy (non-hydrogen) atoms. The standard InChI is InChI=1S/C12H18BrNO3S/c1-4-5-14(3)18(16,17)11-7-10(8-15)6-9(2)12(11)13/h6-7,15H,4-5,8H2,1-3H3. The first-order valence-electron chi connectivity index (χ1n) is 5.70. The summed E-state index contributed by atoms with van der Waals surface area (Å²) in [6, 6.07) is 3.28. The molecule has 0 aliphatic heterocycles. The summed E-state index contributed by atoms with van der Waals surface area (Å²) in [6.07, 6.45) is 0.756. The van der Waals surface area contributed by atoms with Crippen LogP contribution in [0.4, 0.5) is 0 Å². The molecule has 0 fully saturated rings. The zero-order valence-electron chi connectivity index (χ0n) is 10.8. The van der Waals surface area contributed by atoms with Crippen molar-refractivity contribution in [3.8, 4) is 0 Å². The summed E-state index contributed by atoms with van der Waals surface area (Å²) in [5, 5.41) is 9.16. The van der Waals surface area contributed by atoms with Gasteiger partial charge >= 0.3 is 0 Å². The van der Waals surface area contributed by atoms with E-state index in [1.165, 1.54) is 10.4 Å². The summed E-state index contributed by atoms with van der Waals surface area (Å²) < 4.78 is 26.6. The minimum Gasteiger partial charge on any atom is -0.392 e. The van der Waals surface area contributed by atoms with E-state index in [1.54, 1.807) is 13.1 Å². The average Bonchev–Trinajstić information content (AvgIpc) is 2.32. The number of aliphatic hydroxyl groups excluding tert-OH is 1. The molecule has 0 unspecified atom stereocenters. The van der Waals surface area contributed by atoms with Crippen LogP contribution in [0.5, 0.6) is 0 Å². The van der Waals surface area contributed by atoms with Crippen LogP contribution in [0, 0.1) is 6.92 Å². The fraction of sp³-hybridized carbons (Fsp3) is 0.500. The molecule has 0 heterocycles. The van der Waals surface area contributed by atoms with Gasteiger partial charge in [0, 0.05) is 18.1 Å². The number of aliphatic hydroxyl groups is 1. The maximum Gasteiger partial charge on any atom is 0.243 e. The predicted octanol–water partition coefficient (Wildman–Crippen LogP) is 2.28. The second kappa shape index (κ2) is 6.14. The van der Waals surface area contributed by atoms with Crippen LogP contribution in [0.2, 0.25) is 0 Å². The maximum absolute atomic E-state index is 12.4. The van der Waals surface area contributed by atoms with Crippen LogP contribution in [-0.2, 0) is 16.6 Å². The van der Waals surface area contributed by atoms with Crippen molar-refractivity contribution in [2.45, 2.75) is 31.8 Å². The molecular formula is C12H18BrNO3S. The number of sulfonamides is 1. The van der Waals surface area contributed by atoms with Gasteiger partial charge in [-0.25, -0.2) is 12.7 Å². The van der Waals surface area contributed by atoms with Crippen molar-refractivity contribution >= 4 is 26.0 Å². The number of benzene rings is 1. The van der Waals surface area contributed by atoms with E-state index in [4.69, 9.17) is 5.11 Å². The van der Waals surface area contributed by atoms with E-state index in [0.29, 0.717) is 16.6 Å². The summed E-state index contributed by atoms with van der Waals surface area (Å²) in [5.74, 6) is 0. The summed E-state index contributed by atoms with van der Waals surface area (Å²) in [6.45, 7) is 4.03. The predicted molar refractivity (Wildman–Crippen MR) is 74.9 cm³/mol. The molecule has 0 saturated heterocycles. The van der Waals surface area contributed by atoms with Gasteiger partial charge in [-0.15, -0.1) is 0 Å². The molecule has 0 radical (unpaired) electrons. The van der Waals surface area contributed by atoms with Gasteiger partial charge in [0.1, 0.15) is 0 Å². The number of rotatable bonds is 5. The number of hydrogen-bond acceptors (Lipinski definition) is 3. The zero-order valence-corrected chi connectivity index (χ0v) is 13.2. The van der Waals surface area contributed by atoms with E-state index in [2.05, 4.69) is 15.9 Å². The third kappa shape index (κ3) is 3.12. The highest BCUT2D eigenvalue weighted by atomic mass is 79.9. The Morgan fingerprint density at radius 3 is 2.50 bits per heavy atom. The first-order valence-corrected chi connectivity index (χ1v) is 7.94. The molecule has 0 saturated carbocycles. The second-order valence-corrected chi connectivity index (χ2v) is 7.02. The van der Waals surface area contributed by atoms with Crippen molar-refractivity contribution in [1.82, 2.24) is 4.31 Å². The Kier molecular flexibility index (Phi) is 5.33. The van der Waals surface area contributed by atoms with Crippen LogP contribution < -0.4 is 0 Å². The van der Waals surface area contributed by atoms with E-state index in [0.717, 1.165) is 12.0 Å². The lowest BCUT2D eigenvalue weighted by Gasteiger charge is -2.18. The molecule has 0 spiro atoms. The largest absolute Gasteiger partial charge is 0.392 e. The molecule has 0 aliphatic rings. The minimum absolute atomic E-state index is 0.172. The minimum atomic E-state index is -3.51. The second-order valence-electron chi connectivity index (χ2n) is 4.21. The van der Waals surface area contributed by atoms with Gasteiger partial charge < -0.3 is 5.11 Å². The Hall–Kier alpha value is -0.430. The van der Waals surface area contributed by atoms with Crippen molar-refractivity contribution < 1.29 is 13.5 Å². The first kappa shape index (κ1) is 15.6. The normalized spacial score (nSPS) is 12.1. The third-order valence-corrected chi connectivity index (χ3v) is 5.89. The van der Waals surface area contributed by atoms with E-state index in [1.807, 2.05) is 13.8 Å². The SMILES string of the molecule is CCCN(C)S(=O)(=O)c1cc(CO)cc(C)c1Br. The van der Waals surface area contributed by atoms with Crippen LogP contribution in [0.15, 0.2) is 21.5 Å². The highest BCUT2D eigenvalue weighted by molar-refractivity contribution is 9.10. The molecule has 102 valence electrons. The highest BCUT2D eigenvalue weighted by Gasteiger charge is 2.24. The van der Waals surface area contributed by atoms with E-state index in [9.17, 15) is 8.42 Å². The van der Waals surface area contributed by atoms with E-state index in [-0.39, 0.29) is 11.5 Å². The lowest BCUT2D eigenvalue weighted by Crippen LogP contribution is -2.28. The van der Waals surface area contributed by atoms with Crippen molar-refractivity contribution in [2.24, 2.45) is 0 Å². The van der Waals surface area contributed by atoms with Crippen molar-refractivity contribution in [3.63, 3.8) is 0 Å². The smallest absolute Gasteiger partial charge is 0.243 e. The van der Waals surface area contributed by atoms with Crippen LogP contribution in [0.25, 0.3) is 0 Å². The fourth-order valence-electron chi connectivity index (χ4n) is 1.69. The molecule has 6 heteroatoms. The van der Waals surface area contributed by atoms with Crippen LogP contribution in [-0.4, -0.2) is 31.4 Å². The number of nitrogens with zero attached hydrogens (tertiary/aromatic N) is 1. The van der Waals surface area contributed by atoms with Gasteiger partial charge in [0.15, 0.2) is 0 Å². The van der Waals surface area contributed by atoms with Gasteiger partial charge in [0.25, 0.3) is 0 Å². The number of halogens is 1. The van der Waals surface area contributed by atoms with E-state index < -0.39 is 10.0 Å². The van der Waals surface area contributed by atoms with Crippen LogP contribution >= 0.6 is 15.9 Å². The molecule has 0 amide bonds. The van der Waals surface area contributed by atoms with Gasteiger partial charge in [-0.3, -0.25) is 0 Å². The third-order valence-electron chi connectivity index (χ3n) is 2.69. The number of hydrogen-bond donors (Lipinski definition) is 1. The first-order chi connectivity index (χ1) is 8.34. The Labute approximate surface area is 117 Å². The van der Waals surface area contributed by atoms with E-state index >= 15 is 0 Å². The fourth-order valence-corrected chi connectivity index (χ4v) is 3.98. The lowest BCUT2D eigenvalue weighted by atomic mass is 10.1. The maximum atomic E-state index is 12.4. The quantitative estimate of drug-likeness (QED) is 0.897. The van der Waals surface area contributed by atoms with Gasteiger partial charge in [-0.05, 0) is 46.5 Å². The topological polar surface area (TPSA) is 57.6 Å². The summed E-state index contributed by atoms with van der Waals surface area (Å²) in [5.41, 5.74) is 1.39. The Morgan fingerprint density at radius 2 is 2.00 bits per heavy atom. The Morgan fingerprint density at radius 1 is 1.39 bits per heavy atom. The molecule has 1 aromatic rings. The van der Waals surface area contributed by atoms with Gasteiger partial charge in [-0.1, -0.05) is 13.0 Å². The average molecular weight is 336 g/mol. The van der Waals surface area contributed by atoms with Crippen LogP contribution in [0.3, 0.4) is 0 Å². The molecule has 4 nitrogen and oxygen atoms in total. The van der Waals surface area contributed by atoms with Gasteiger partial charge in [-0.2, -0.15) is 0 Å². The summed E-state index contributed by atoms with van der Waals surface area (Å²) in [7, 11) is -1.95. The molecule has 0 atom stereocenters. The molecule has 0 bridgehead atoms. The van der Waals surface area contributed by atoms with Crippen molar-refractivity contribution in [3.05, 3.63) is 27.7 Å². The molecule has 1 aromatic carbocycles. The monoisotopic (exact) mass is 335 g/mol. The van der Waals surface area contributed by atoms with Crippen LogP contribution in [0.1, 0.15) is 24.5 Å². The molecular weight excluding hydrogens is 318 g/mol. The summed E-state index contributed by atoms with van der Waals surface area (Å²) >= 11 is 3.31. The number of aryl methyl sites for hydroxylation is 1. The van der Waals surface area contributed by atoms with Crippen molar-refractivity contribution in [1.29, 1.82) is 0 Å². The molecule has 1 N–H and O–H groups in total. The Balaban J connectivity index is 3.36. The molecule has 1 rings (SSSR count). The molecule has 0 aromatic heterocycles.